The van der Waals surface area contributed by atoms with Gasteiger partial charge in [-0.1, -0.05) is 28.1 Å². The molecule has 3 aromatic carbocycles. The topological polar surface area (TPSA) is 75.7 Å². The number of halogens is 1. The second-order valence-corrected chi connectivity index (χ2v) is 11.1. The van der Waals surface area contributed by atoms with Crippen LogP contribution in [-0.4, -0.2) is 28.0 Å². The van der Waals surface area contributed by atoms with Crippen LogP contribution in [0.5, 0.6) is 5.75 Å². The van der Waals surface area contributed by atoms with Crippen molar-refractivity contribution < 1.29 is 17.9 Å². The van der Waals surface area contributed by atoms with Gasteiger partial charge in [0, 0.05) is 16.2 Å². The molecule has 170 valence electrons. The van der Waals surface area contributed by atoms with Gasteiger partial charge in [0.1, 0.15) is 5.75 Å². The molecule has 1 heterocycles. The molecule has 4 aromatic rings. The average Bonchev–Trinajstić information content (AvgIpc) is 3.24. The second kappa shape index (κ2) is 9.54. The van der Waals surface area contributed by atoms with E-state index in [2.05, 4.69) is 21.2 Å². The first-order valence-electron chi connectivity index (χ1n) is 10.1. The predicted octanol–water partition coefficient (Wildman–Crippen LogP) is 6.14. The number of amides is 1. The highest BCUT2D eigenvalue weighted by atomic mass is 79.9. The summed E-state index contributed by atoms with van der Waals surface area (Å²) in [5.41, 5.74) is 1.11. The van der Waals surface area contributed by atoms with Crippen LogP contribution in [0.4, 0.5) is 11.4 Å². The second-order valence-electron chi connectivity index (χ2n) is 7.14. The van der Waals surface area contributed by atoms with E-state index in [1.54, 1.807) is 54.6 Å². The molecule has 0 saturated heterocycles. The maximum Gasteiger partial charge on any atom is 0.265 e. The molecule has 0 bridgehead atoms. The minimum absolute atomic E-state index is 0.201. The van der Waals surface area contributed by atoms with Crippen molar-refractivity contribution in [3.8, 4) is 5.75 Å². The normalized spacial score (nSPS) is 11.4. The number of nitrogens with one attached hydrogen (secondary N) is 1. The van der Waals surface area contributed by atoms with Crippen LogP contribution < -0.4 is 14.4 Å². The van der Waals surface area contributed by atoms with Crippen LogP contribution in [-0.2, 0) is 10.0 Å². The molecule has 4 rings (SSSR count). The molecule has 0 aliphatic heterocycles. The number of nitrogens with zero attached hydrogens (tertiary/aromatic N) is 1. The fourth-order valence-corrected chi connectivity index (χ4v) is 5.67. The molecular weight excluding hydrogens is 524 g/mol. The van der Waals surface area contributed by atoms with Crippen molar-refractivity contribution in [2.75, 3.05) is 23.3 Å². The Morgan fingerprint density at radius 3 is 2.52 bits per heavy atom. The molecule has 0 unspecified atom stereocenters. The summed E-state index contributed by atoms with van der Waals surface area (Å²) in [6.07, 6.45) is 0. The Kier molecular flexibility index (Phi) is 6.73. The minimum atomic E-state index is -3.72. The molecule has 1 amide bonds. The Balaban J connectivity index is 1.60. The van der Waals surface area contributed by atoms with Crippen molar-refractivity contribution >= 4 is 64.7 Å². The molecule has 0 fully saturated rings. The summed E-state index contributed by atoms with van der Waals surface area (Å²) in [6, 6.07) is 20.9. The number of anilines is 2. The van der Waals surface area contributed by atoms with Gasteiger partial charge in [-0.25, -0.2) is 8.42 Å². The summed E-state index contributed by atoms with van der Waals surface area (Å²) >= 11 is 4.66. The Bertz CT molecular complexity index is 1420. The number of fused-ring (bicyclic) bond motifs is 1. The Morgan fingerprint density at radius 1 is 1.06 bits per heavy atom. The number of carbonyl (C=O) groups is 1. The van der Waals surface area contributed by atoms with E-state index in [4.69, 9.17) is 4.74 Å². The van der Waals surface area contributed by atoms with E-state index in [0.717, 1.165) is 14.6 Å². The van der Waals surface area contributed by atoms with Gasteiger partial charge < -0.3 is 10.1 Å². The van der Waals surface area contributed by atoms with Gasteiger partial charge in [-0.05, 0) is 73.0 Å². The third-order valence-electron chi connectivity index (χ3n) is 4.99. The molecule has 33 heavy (non-hydrogen) atoms. The summed E-state index contributed by atoms with van der Waals surface area (Å²) in [6.45, 7) is 2.38. The number of sulfonamides is 1. The first kappa shape index (κ1) is 23.3. The van der Waals surface area contributed by atoms with Crippen LogP contribution in [0.1, 0.15) is 16.6 Å². The molecule has 0 aliphatic carbocycles. The largest absolute Gasteiger partial charge is 0.492 e. The fraction of sp³-hybridized carbons (Fsp3) is 0.125. The maximum atomic E-state index is 13.0. The van der Waals surface area contributed by atoms with Crippen LogP contribution in [0.3, 0.4) is 0 Å². The fourth-order valence-electron chi connectivity index (χ4n) is 3.28. The van der Waals surface area contributed by atoms with Gasteiger partial charge in [-0.3, -0.25) is 9.10 Å². The maximum absolute atomic E-state index is 13.0. The molecule has 0 radical (unpaired) electrons. The number of ether oxygens (including phenoxy) is 1. The SMILES string of the molecule is CCOc1ccccc1NC(=O)c1cc2cc(N(C)S(=O)(=O)c3ccc(Br)cc3)ccc2s1. The zero-order chi connectivity index (χ0) is 23.6. The van der Waals surface area contributed by atoms with Crippen LogP contribution in [0, 0.1) is 0 Å². The van der Waals surface area contributed by atoms with Gasteiger partial charge in [-0.2, -0.15) is 0 Å². The first-order chi connectivity index (χ1) is 15.8. The Labute approximate surface area is 205 Å². The van der Waals surface area contributed by atoms with Crippen molar-refractivity contribution in [1.29, 1.82) is 0 Å². The average molecular weight is 545 g/mol. The number of carbonyl (C=O) groups excluding carboxylic acids is 1. The van der Waals surface area contributed by atoms with Gasteiger partial charge in [0.15, 0.2) is 0 Å². The lowest BCUT2D eigenvalue weighted by molar-refractivity contribution is 0.103. The van der Waals surface area contributed by atoms with Crippen LogP contribution in [0.15, 0.2) is 82.2 Å². The summed E-state index contributed by atoms with van der Waals surface area (Å²) < 4.78 is 34.5. The van der Waals surface area contributed by atoms with E-state index in [-0.39, 0.29) is 10.8 Å². The molecule has 1 N–H and O–H groups in total. The zero-order valence-electron chi connectivity index (χ0n) is 17.9. The molecule has 9 heteroatoms. The Hall–Kier alpha value is -2.88. The van der Waals surface area contributed by atoms with E-state index < -0.39 is 10.0 Å². The van der Waals surface area contributed by atoms with Gasteiger partial charge in [0.05, 0.1) is 27.8 Å². The molecular formula is C24H21BrN2O4S2. The number of hydrogen-bond donors (Lipinski definition) is 1. The standard InChI is InChI=1S/C24H21BrN2O4S2/c1-3-31-21-7-5-4-6-20(21)26-24(28)23-15-16-14-18(10-13-22(16)32-23)27(2)33(29,30)19-11-8-17(25)9-12-19/h4-15H,3H2,1-2H3,(H,26,28). The van der Waals surface area contributed by atoms with Crippen molar-refractivity contribution in [2.45, 2.75) is 11.8 Å². The molecule has 1 aromatic heterocycles. The number of benzene rings is 3. The molecule has 0 saturated carbocycles. The quantitative estimate of drug-likeness (QED) is 0.303. The van der Waals surface area contributed by atoms with Crippen molar-refractivity contribution in [3.05, 3.63) is 82.1 Å². The third kappa shape index (κ3) is 4.90. The highest BCUT2D eigenvalue weighted by Gasteiger charge is 2.22. The lowest BCUT2D eigenvalue weighted by atomic mass is 10.2. The molecule has 0 atom stereocenters. The highest BCUT2D eigenvalue weighted by molar-refractivity contribution is 9.10. The first-order valence-corrected chi connectivity index (χ1v) is 13.2. The van der Waals surface area contributed by atoms with Crippen LogP contribution >= 0.6 is 27.3 Å². The highest BCUT2D eigenvalue weighted by Crippen LogP contribution is 2.32. The summed E-state index contributed by atoms with van der Waals surface area (Å²) in [5, 5.41) is 3.69. The predicted molar refractivity (Wildman–Crippen MR) is 137 cm³/mol. The summed E-state index contributed by atoms with van der Waals surface area (Å²) in [7, 11) is -2.20. The molecule has 6 nitrogen and oxygen atoms in total. The van der Waals surface area contributed by atoms with Crippen molar-refractivity contribution in [2.24, 2.45) is 0 Å². The van der Waals surface area contributed by atoms with Crippen molar-refractivity contribution in [3.63, 3.8) is 0 Å². The smallest absolute Gasteiger partial charge is 0.265 e. The lowest BCUT2D eigenvalue weighted by Gasteiger charge is -2.19. The number of thiophene rings is 1. The third-order valence-corrected chi connectivity index (χ3v) is 8.44. The van der Waals surface area contributed by atoms with E-state index in [1.807, 2.05) is 25.1 Å². The Morgan fingerprint density at radius 2 is 1.79 bits per heavy atom. The van der Waals surface area contributed by atoms with E-state index in [0.29, 0.717) is 28.6 Å². The number of hydrogen-bond acceptors (Lipinski definition) is 5. The van der Waals surface area contributed by atoms with Crippen LogP contribution in [0.25, 0.3) is 10.1 Å². The van der Waals surface area contributed by atoms with Gasteiger partial charge in [0.25, 0.3) is 15.9 Å². The van der Waals surface area contributed by atoms with E-state index in [9.17, 15) is 13.2 Å². The minimum Gasteiger partial charge on any atom is -0.492 e. The molecule has 0 spiro atoms. The summed E-state index contributed by atoms with van der Waals surface area (Å²) in [5.74, 6) is 0.359. The molecule has 0 aliphatic rings. The van der Waals surface area contributed by atoms with Gasteiger partial charge in [0.2, 0.25) is 0 Å². The number of rotatable bonds is 7. The monoisotopic (exact) mass is 544 g/mol. The zero-order valence-corrected chi connectivity index (χ0v) is 21.1. The van der Waals surface area contributed by atoms with Crippen molar-refractivity contribution in [1.82, 2.24) is 0 Å². The number of para-hydroxylation sites is 2. The van der Waals surface area contributed by atoms with Crippen LogP contribution in [0.2, 0.25) is 0 Å². The van der Waals surface area contributed by atoms with E-state index >= 15 is 0 Å². The van der Waals surface area contributed by atoms with Gasteiger partial charge >= 0.3 is 0 Å². The van der Waals surface area contributed by atoms with Gasteiger partial charge in [-0.15, -0.1) is 11.3 Å². The lowest BCUT2D eigenvalue weighted by Crippen LogP contribution is -2.26. The van der Waals surface area contributed by atoms with E-state index in [1.165, 1.54) is 22.7 Å². The summed E-state index contributed by atoms with van der Waals surface area (Å²) in [4.78, 5) is 13.6.